The number of phenols is 1. The van der Waals surface area contributed by atoms with Crippen molar-refractivity contribution in [1.29, 1.82) is 0 Å². The number of phenolic OH excluding ortho intramolecular Hbond substituents is 1. The average Bonchev–Trinajstić information content (AvgIpc) is 2.83. The first kappa shape index (κ1) is 31.5. The second-order valence-corrected chi connectivity index (χ2v) is 10.2. The summed E-state index contributed by atoms with van der Waals surface area (Å²) in [5, 5.41) is 36.5. The number of aliphatic carboxylic acids is 1. The van der Waals surface area contributed by atoms with Crippen LogP contribution in [-0.4, -0.2) is 93.3 Å². The summed E-state index contributed by atoms with van der Waals surface area (Å²) in [6, 6.07) is 1.38. The van der Waals surface area contributed by atoms with Crippen LogP contribution in [0.25, 0.3) is 0 Å². The summed E-state index contributed by atoms with van der Waals surface area (Å²) in [5.41, 5.74) is 6.55. The van der Waals surface area contributed by atoms with Crippen molar-refractivity contribution >= 4 is 47.2 Å². The maximum absolute atomic E-state index is 13.2. The highest BCUT2D eigenvalue weighted by Gasteiger charge is 2.32. The SMILES string of the molecule is CSCCC(N)C(=O)NC(Cc1ccc(O)cc1)C(=O)NC(C(=O)NC(CCSC)C(=O)O)C(C)O. The zero-order valence-corrected chi connectivity index (χ0v) is 22.2. The molecule has 0 spiro atoms. The Morgan fingerprint density at radius 2 is 1.44 bits per heavy atom. The van der Waals surface area contributed by atoms with Gasteiger partial charge in [0.15, 0.2) is 0 Å². The van der Waals surface area contributed by atoms with Crippen LogP contribution in [0.3, 0.4) is 0 Å². The van der Waals surface area contributed by atoms with Crippen molar-refractivity contribution in [3.8, 4) is 5.75 Å². The molecule has 1 aromatic rings. The lowest BCUT2D eigenvalue weighted by molar-refractivity contribution is -0.143. The van der Waals surface area contributed by atoms with Gasteiger partial charge in [-0.2, -0.15) is 23.5 Å². The summed E-state index contributed by atoms with van der Waals surface area (Å²) in [7, 11) is 0. The van der Waals surface area contributed by atoms with Crippen molar-refractivity contribution in [2.24, 2.45) is 5.73 Å². The molecule has 0 bridgehead atoms. The van der Waals surface area contributed by atoms with E-state index in [1.165, 1.54) is 42.6 Å². The molecule has 1 aromatic carbocycles. The molecule has 5 unspecified atom stereocenters. The molecule has 0 radical (unpaired) electrons. The minimum Gasteiger partial charge on any atom is -0.508 e. The molecule has 0 saturated heterocycles. The van der Waals surface area contributed by atoms with Gasteiger partial charge in [-0.1, -0.05) is 12.1 Å². The van der Waals surface area contributed by atoms with Gasteiger partial charge in [0.2, 0.25) is 17.7 Å². The molecule has 0 aliphatic heterocycles. The van der Waals surface area contributed by atoms with Crippen LogP contribution >= 0.6 is 23.5 Å². The molecule has 0 heterocycles. The molecule has 13 heteroatoms. The van der Waals surface area contributed by atoms with Crippen molar-refractivity contribution in [1.82, 2.24) is 16.0 Å². The summed E-state index contributed by atoms with van der Waals surface area (Å²) < 4.78 is 0. The average molecular weight is 545 g/mol. The normalized spacial score (nSPS) is 15.1. The van der Waals surface area contributed by atoms with Crippen molar-refractivity contribution in [3.63, 3.8) is 0 Å². The molecular formula is C23H36N4O7S2. The molecule has 202 valence electrons. The van der Waals surface area contributed by atoms with Crippen molar-refractivity contribution < 1.29 is 34.5 Å². The Morgan fingerprint density at radius 1 is 0.889 bits per heavy atom. The fourth-order valence-electron chi connectivity index (χ4n) is 3.15. The predicted octanol–water partition coefficient (Wildman–Crippen LogP) is -0.312. The third-order valence-electron chi connectivity index (χ3n) is 5.27. The van der Waals surface area contributed by atoms with E-state index in [9.17, 15) is 34.5 Å². The number of thioether (sulfide) groups is 2. The molecule has 3 amide bonds. The number of hydrogen-bond donors (Lipinski definition) is 7. The number of aliphatic hydroxyl groups is 1. The third-order valence-corrected chi connectivity index (χ3v) is 6.55. The number of carboxylic acid groups (broad SMARTS) is 1. The van der Waals surface area contributed by atoms with Crippen LogP contribution in [0.4, 0.5) is 0 Å². The number of amides is 3. The maximum atomic E-state index is 13.2. The first-order valence-corrected chi connectivity index (χ1v) is 14.1. The number of rotatable bonds is 16. The van der Waals surface area contributed by atoms with E-state index in [1.807, 2.05) is 6.26 Å². The van der Waals surface area contributed by atoms with Gasteiger partial charge in [-0.3, -0.25) is 14.4 Å². The van der Waals surface area contributed by atoms with E-state index in [1.54, 1.807) is 18.4 Å². The number of aliphatic hydroxyl groups excluding tert-OH is 1. The first-order valence-electron chi connectivity index (χ1n) is 11.3. The van der Waals surface area contributed by atoms with Gasteiger partial charge in [-0.15, -0.1) is 0 Å². The molecule has 36 heavy (non-hydrogen) atoms. The molecule has 11 nitrogen and oxygen atoms in total. The van der Waals surface area contributed by atoms with Crippen LogP contribution in [0.15, 0.2) is 24.3 Å². The fraction of sp³-hybridized carbons (Fsp3) is 0.565. The minimum atomic E-state index is -1.46. The molecule has 0 aliphatic carbocycles. The van der Waals surface area contributed by atoms with E-state index in [-0.39, 0.29) is 18.6 Å². The van der Waals surface area contributed by atoms with Gasteiger partial charge in [0.05, 0.1) is 12.1 Å². The largest absolute Gasteiger partial charge is 0.508 e. The van der Waals surface area contributed by atoms with Crippen LogP contribution in [0.5, 0.6) is 5.75 Å². The maximum Gasteiger partial charge on any atom is 0.326 e. The molecule has 0 aliphatic rings. The second kappa shape index (κ2) is 16.3. The smallest absolute Gasteiger partial charge is 0.326 e. The first-order chi connectivity index (χ1) is 17.0. The van der Waals surface area contributed by atoms with E-state index in [2.05, 4.69) is 16.0 Å². The Bertz CT molecular complexity index is 871. The molecule has 5 atom stereocenters. The number of hydrogen-bond acceptors (Lipinski definition) is 9. The Morgan fingerprint density at radius 3 is 1.97 bits per heavy atom. The van der Waals surface area contributed by atoms with Gasteiger partial charge in [-0.05, 0) is 61.5 Å². The highest BCUT2D eigenvalue weighted by Crippen LogP contribution is 2.12. The highest BCUT2D eigenvalue weighted by atomic mass is 32.2. The Hall–Kier alpha value is -2.48. The summed E-state index contributed by atoms with van der Waals surface area (Å²) in [6.45, 7) is 1.29. The Kier molecular flexibility index (Phi) is 14.3. The number of carbonyl (C=O) groups excluding carboxylic acids is 3. The summed E-state index contributed by atoms with van der Waals surface area (Å²) in [6.07, 6.45) is 2.91. The molecule has 0 saturated carbocycles. The third kappa shape index (κ3) is 11.1. The predicted molar refractivity (Wildman–Crippen MR) is 141 cm³/mol. The van der Waals surface area contributed by atoms with Crippen molar-refractivity contribution in [2.75, 3.05) is 24.0 Å². The summed E-state index contributed by atoms with van der Waals surface area (Å²) >= 11 is 2.94. The monoisotopic (exact) mass is 544 g/mol. The topological polar surface area (TPSA) is 191 Å². The molecule has 1 rings (SSSR count). The Labute approximate surface area is 219 Å². The standard InChI is InChI=1S/C23H36N4O7S2/c1-13(28)19(22(32)25-17(23(33)34)9-11-36-3)27-21(31)18(12-14-4-6-15(29)7-5-14)26-20(30)16(24)8-10-35-2/h4-7,13,16-19,28-29H,8-12,24H2,1-3H3,(H,25,32)(H,26,30)(H,27,31)(H,33,34). The van der Waals surface area contributed by atoms with Gasteiger partial charge >= 0.3 is 5.97 Å². The number of carbonyl (C=O) groups is 4. The number of carboxylic acids is 1. The summed E-state index contributed by atoms with van der Waals surface area (Å²) in [4.78, 5) is 50.1. The fourth-order valence-corrected chi connectivity index (χ4v) is 4.11. The quantitative estimate of drug-likeness (QED) is 0.145. The number of nitrogens with two attached hydrogens (primary N) is 1. The van der Waals surface area contributed by atoms with Gasteiger partial charge in [0.25, 0.3) is 0 Å². The van der Waals surface area contributed by atoms with E-state index in [0.717, 1.165) is 0 Å². The van der Waals surface area contributed by atoms with E-state index in [4.69, 9.17) is 5.73 Å². The second-order valence-electron chi connectivity index (χ2n) is 8.23. The lowest BCUT2D eigenvalue weighted by Gasteiger charge is -2.26. The van der Waals surface area contributed by atoms with Gasteiger partial charge in [0.1, 0.15) is 23.9 Å². The number of aromatic hydroxyl groups is 1. The molecule has 0 aromatic heterocycles. The zero-order valence-electron chi connectivity index (χ0n) is 20.6. The van der Waals surface area contributed by atoms with E-state index >= 15 is 0 Å². The summed E-state index contributed by atoms with van der Waals surface area (Å²) in [5.74, 6) is -2.24. The van der Waals surface area contributed by atoms with E-state index < -0.39 is 54.0 Å². The van der Waals surface area contributed by atoms with Gasteiger partial charge < -0.3 is 37.0 Å². The van der Waals surface area contributed by atoms with Crippen LogP contribution in [0, 0.1) is 0 Å². The Balaban J connectivity index is 3.06. The number of nitrogens with one attached hydrogen (secondary N) is 3. The zero-order chi connectivity index (χ0) is 27.3. The van der Waals surface area contributed by atoms with Gasteiger partial charge in [-0.25, -0.2) is 4.79 Å². The lowest BCUT2D eigenvalue weighted by atomic mass is 10.0. The molecule has 8 N–H and O–H groups in total. The van der Waals surface area contributed by atoms with Crippen molar-refractivity contribution in [2.45, 2.75) is 56.5 Å². The molecular weight excluding hydrogens is 508 g/mol. The highest BCUT2D eigenvalue weighted by molar-refractivity contribution is 7.98. The number of benzene rings is 1. The van der Waals surface area contributed by atoms with Crippen LogP contribution in [0.1, 0.15) is 25.3 Å². The van der Waals surface area contributed by atoms with E-state index in [0.29, 0.717) is 23.5 Å². The minimum absolute atomic E-state index is 0.0206. The van der Waals surface area contributed by atoms with Crippen LogP contribution in [-0.2, 0) is 25.6 Å². The lowest BCUT2D eigenvalue weighted by Crippen LogP contribution is -2.60. The van der Waals surface area contributed by atoms with Crippen LogP contribution < -0.4 is 21.7 Å². The van der Waals surface area contributed by atoms with Crippen molar-refractivity contribution in [3.05, 3.63) is 29.8 Å². The molecule has 0 fully saturated rings. The van der Waals surface area contributed by atoms with Gasteiger partial charge in [0, 0.05) is 6.42 Å². The van der Waals surface area contributed by atoms with Crippen LogP contribution in [0.2, 0.25) is 0 Å².